The highest BCUT2D eigenvalue weighted by Gasteiger charge is 2.48. The number of carbonyl (C=O) groups is 3. The number of fused-ring (bicyclic) bond motifs is 3. The predicted octanol–water partition coefficient (Wildman–Crippen LogP) is 23.7. The van der Waals surface area contributed by atoms with Crippen molar-refractivity contribution >= 4 is 139 Å². The molecule has 0 saturated carbocycles. The number of pyridine rings is 3. The molecular weight excluding hydrogens is 1740 g/mol. The summed E-state index contributed by atoms with van der Waals surface area (Å²) in [6, 6.07) is 46.7. The predicted molar refractivity (Wildman–Crippen MR) is 509 cm³/mol. The number of piperazine rings is 3. The van der Waals surface area contributed by atoms with Crippen LogP contribution in [0.25, 0.3) is 33.8 Å². The molecular formula is C94H105Cl3F4N15O6P3S. The average Bonchev–Trinajstić information content (AvgIpc) is 0.732. The molecule has 32 heteroatoms. The second-order valence-corrected chi connectivity index (χ2v) is 41.5. The third kappa shape index (κ3) is 19.2. The number of halogens is 7. The SMILES string of the molecule is C=CC(=O)N1C[C@H](C)N(C2=NP(C)(=O)N(c3ccccc3C(C)C)c3nc(-c4ccccc4F)c(Cl)cc32)C[C@H]1C.C=CC(=O)N1C[C@H](C)N(C2=NP(C)(=O)N(c3ccccc3C(C)C)c3nc(-c4ccccc4F)c(Cl)cc32)C[C@H]1C.C=CC(=O)N1C[C@H](C)N(C2=NP(C)(=O)N(c3ccccc3C(C)C)c3nc(-c4ccccc4F)c(Cl)cc32)C[C@H]1C.CSF. The van der Waals surface area contributed by atoms with Crippen LogP contribution in [0.2, 0.25) is 15.1 Å². The number of aromatic nitrogens is 3. The first-order valence-electron chi connectivity index (χ1n) is 41.6. The summed E-state index contributed by atoms with van der Waals surface area (Å²) in [5.74, 6) is 1.37. The van der Waals surface area contributed by atoms with E-state index in [-0.39, 0.29) is 133 Å². The molecule has 6 aliphatic heterocycles. The summed E-state index contributed by atoms with van der Waals surface area (Å²) in [5, 5.41) is 0.771. The van der Waals surface area contributed by atoms with Gasteiger partial charge in [0.05, 0.1) is 65.9 Å². The van der Waals surface area contributed by atoms with Crippen molar-refractivity contribution in [2.24, 2.45) is 14.3 Å². The number of rotatable bonds is 12. The summed E-state index contributed by atoms with van der Waals surface area (Å²) in [5.41, 5.74) is 8.52. The van der Waals surface area contributed by atoms with Gasteiger partial charge in [0, 0.05) is 131 Å². The Morgan fingerprint density at radius 3 is 0.833 bits per heavy atom. The fourth-order valence-electron chi connectivity index (χ4n) is 16.9. The van der Waals surface area contributed by atoms with Gasteiger partial charge in [-0.3, -0.25) is 42.1 Å². The third-order valence-corrected chi connectivity index (χ3v) is 29.0. The quantitative estimate of drug-likeness (QED) is 0.0633. The highest BCUT2D eigenvalue weighted by molar-refractivity contribution is 7.93. The van der Waals surface area contributed by atoms with E-state index < -0.39 is 39.8 Å². The number of amidine groups is 3. The van der Waals surface area contributed by atoms with Crippen LogP contribution in [0.5, 0.6) is 0 Å². The molecule has 6 aromatic carbocycles. The molecule has 15 rings (SSSR count). The summed E-state index contributed by atoms with van der Waals surface area (Å²) in [6.45, 7) is 42.9. The number of nitrogens with zero attached hydrogens (tertiary/aromatic N) is 15. The lowest BCUT2D eigenvalue weighted by Gasteiger charge is -2.47. The van der Waals surface area contributed by atoms with E-state index in [2.05, 4.69) is 76.0 Å². The molecule has 6 aliphatic rings. The fraction of sp³-hybridized carbons (Fsp3) is 0.330. The maximum Gasteiger partial charge on any atom is 0.285 e. The Kier molecular flexibility index (Phi) is 29.5. The second-order valence-electron chi connectivity index (χ2n) is 33.2. The van der Waals surface area contributed by atoms with Gasteiger partial charge in [-0.15, -0.1) is 0 Å². The number of carbonyl (C=O) groups excluding carboxylic acids is 3. The molecule has 3 fully saturated rings. The number of hydrogen-bond donors (Lipinski definition) is 0. The van der Waals surface area contributed by atoms with Crippen LogP contribution >= 0.6 is 69.3 Å². The van der Waals surface area contributed by atoms with Gasteiger partial charge in [0.25, 0.3) is 22.3 Å². The van der Waals surface area contributed by atoms with Crippen molar-refractivity contribution in [3.05, 3.63) is 268 Å². The van der Waals surface area contributed by atoms with E-state index in [0.717, 1.165) is 33.8 Å². The summed E-state index contributed by atoms with van der Waals surface area (Å²) >= 11 is 20.7. The molecule has 3 unspecified atom stereocenters. The van der Waals surface area contributed by atoms with E-state index in [9.17, 15) is 45.1 Å². The Hall–Kier alpha value is -10.2. The monoisotopic (exact) mass is 1850 g/mol. The Morgan fingerprint density at radius 1 is 0.389 bits per heavy atom. The largest absolute Gasteiger partial charge is 0.349 e. The minimum atomic E-state index is -3.48. The van der Waals surface area contributed by atoms with Crippen LogP contribution < -0.4 is 14.0 Å². The fourth-order valence-corrected chi connectivity index (χ4v) is 22.9. The van der Waals surface area contributed by atoms with Crippen LogP contribution in [0.15, 0.2) is 216 Å². The smallest absolute Gasteiger partial charge is 0.285 e. The zero-order chi connectivity index (χ0) is 91.6. The topological polar surface area (TPSA) is 207 Å². The molecule has 9 atom stereocenters. The van der Waals surface area contributed by atoms with Crippen molar-refractivity contribution in [1.29, 1.82) is 0 Å². The molecule has 9 aromatic rings. The molecule has 9 heterocycles. The summed E-state index contributed by atoms with van der Waals surface area (Å²) in [6.07, 6.45) is 5.35. The molecule has 0 aliphatic carbocycles. The van der Waals surface area contributed by atoms with Crippen molar-refractivity contribution < 1.29 is 45.1 Å². The normalized spacial score (nSPS) is 22.0. The molecule has 0 radical (unpaired) electrons. The zero-order valence-corrected chi connectivity index (χ0v) is 79.2. The Balaban J connectivity index is 0.000000169. The first-order chi connectivity index (χ1) is 59.7. The number of anilines is 6. The van der Waals surface area contributed by atoms with Gasteiger partial charge in [-0.05, 0) is 167 Å². The van der Waals surface area contributed by atoms with Gasteiger partial charge in [0.15, 0.2) is 17.5 Å². The van der Waals surface area contributed by atoms with E-state index in [0.29, 0.717) is 90.9 Å². The van der Waals surface area contributed by atoms with Gasteiger partial charge in [0.1, 0.15) is 35.0 Å². The van der Waals surface area contributed by atoms with Crippen LogP contribution in [0, 0.1) is 17.5 Å². The van der Waals surface area contributed by atoms with Gasteiger partial charge in [-0.1, -0.05) is 187 Å². The Labute approximate surface area is 755 Å². The molecule has 3 saturated heterocycles. The molecule has 0 N–H and O–H groups in total. The van der Waals surface area contributed by atoms with E-state index in [1.807, 2.05) is 114 Å². The summed E-state index contributed by atoms with van der Waals surface area (Å²) in [7, 11) is -10.4. The second kappa shape index (κ2) is 39.2. The van der Waals surface area contributed by atoms with E-state index >= 15 is 0 Å². The number of hydrogen-bond acceptors (Lipinski definition) is 13. The van der Waals surface area contributed by atoms with Crippen molar-refractivity contribution in [1.82, 2.24) is 44.4 Å². The number of amides is 3. The van der Waals surface area contributed by atoms with Crippen LogP contribution in [0.4, 0.5) is 51.6 Å². The molecule has 3 amide bonds. The van der Waals surface area contributed by atoms with Crippen LogP contribution in [-0.2, 0) is 28.1 Å². The van der Waals surface area contributed by atoms with Crippen molar-refractivity contribution in [3.63, 3.8) is 0 Å². The summed E-state index contributed by atoms with van der Waals surface area (Å²) < 4.78 is 119. The molecule has 3 aromatic heterocycles. The van der Waals surface area contributed by atoms with E-state index in [1.54, 1.807) is 122 Å². The molecule has 126 heavy (non-hydrogen) atoms. The lowest BCUT2D eigenvalue weighted by Crippen LogP contribution is -2.59. The van der Waals surface area contributed by atoms with Crippen molar-refractivity contribution in [3.8, 4) is 33.8 Å². The molecule has 662 valence electrons. The number of benzene rings is 6. The van der Waals surface area contributed by atoms with Crippen molar-refractivity contribution in [2.75, 3.05) is 79.5 Å². The lowest BCUT2D eigenvalue weighted by atomic mass is 10.0. The maximum atomic E-state index is 15.0. The van der Waals surface area contributed by atoms with Crippen LogP contribution in [0.3, 0.4) is 0 Å². The maximum absolute atomic E-state index is 15.0. The van der Waals surface area contributed by atoms with Gasteiger partial charge in [0.2, 0.25) is 17.7 Å². The van der Waals surface area contributed by atoms with Crippen LogP contribution in [0.1, 0.15) is 134 Å². The van der Waals surface area contributed by atoms with Gasteiger partial charge < -0.3 is 29.4 Å². The highest BCUT2D eigenvalue weighted by Crippen LogP contribution is 2.64. The molecule has 0 bridgehead atoms. The van der Waals surface area contributed by atoms with E-state index in [1.165, 1.54) is 42.7 Å². The third-order valence-electron chi connectivity index (χ3n) is 23.0. The Morgan fingerprint density at radius 2 is 0.611 bits per heavy atom. The van der Waals surface area contributed by atoms with Crippen LogP contribution in [-0.4, -0.2) is 181 Å². The molecule has 0 spiro atoms. The molecule has 21 nitrogen and oxygen atoms in total. The minimum absolute atomic E-state index is 0.133. The first kappa shape index (κ1) is 95.0. The highest BCUT2D eigenvalue weighted by atomic mass is 35.5. The van der Waals surface area contributed by atoms with Gasteiger partial charge in [-0.2, -0.15) is 18.2 Å². The van der Waals surface area contributed by atoms with Gasteiger partial charge in [-0.25, -0.2) is 28.1 Å². The first-order valence-corrected chi connectivity index (χ1v) is 50.0. The average molecular weight is 1850 g/mol. The standard InChI is InChI=1S/3C31H34ClFN5O2P.CH3FS/c3*1-7-28(39)36-17-21(5)37(18-20(36)4)31-24-16-25(32)29(23-13-8-10-14-26(23)33)34-30(24)38(41(6,40)35-31)27-15-11-9-12-22(27)19(2)3;1-3-2/h3*7-16,19-21H,1,17-18H2,2-6H3;1H3/t3*20-,21+,41?;/m111./s1. The minimum Gasteiger partial charge on any atom is -0.349 e. The Bertz CT molecular complexity index is 5420. The summed E-state index contributed by atoms with van der Waals surface area (Å²) in [4.78, 5) is 63.8. The number of para-hydroxylation sites is 3. The zero-order valence-electron chi connectivity index (χ0n) is 73.4. The van der Waals surface area contributed by atoms with E-state index in [4.69, 9.17) is 64.0 Å². The lowest BCUT2D eigenvalue weighted by molar-refractivity contribution is -0.131. The van der Waals surface area contributed by atoms with Gasteiger partial charge >= 0.3 is 0 Å². The van der Waals surface area contributed by atoms with Crippen molar-refractivity contribution in [2.45, 2.75) is 137 Å².